The molecule has 1 aliphatic heterocycles. The third-order valence-corrected chi connectivity index (χ3v) is 13.1. The summed E-state index contributed by atoms with van der Waals surface area (Å²) in [5.41, 5.74) is 7.96. The van der Waals surface area contributed by atoms with Crippen molar-refractivity contribution < 1.29 is 27.8 Å². The highest BCUT2D eigenvalue weighted by Crippen LogP contribution is 2.40. The van der Waals surface area contributed by atoms with E-state index in [1.165, 1.54) is 23.9 Å². The summed E-state index contributed by atoms with van der Waals surface area (Å²) in [6.45, 7) is 2.02. The van der Waals surface area contributed by atoms with E-state index in [0.717, 1.165) is 50.2 Å². The van der Waals surface area contributed by atoms with Crippen molar-refractivity contribution in [3.8, 4) is 16.8 Å². The summed E-state index contributed by atoms with van der Waals surface area (Å²) in [6, 6.07) is 48.2. The van der Waals surface area contributed by atoms with E-state index in [1.807, 2.05) is 134 Å². The van der Waals surface area contributed by atoms with E-state index in [0.29, 0.717) is 17.3 Å². The van der Waals surface area contributed by atoms with Crippen molar-refractivity contribution >= 4 is 27.7 Å². The van der Waals surface area contributed by atoms with Gasteiger partial charge >= 0.3 is 0 Å². The number of aliphatic hydroxyl groups excluding tert-OH is 1. The molecular weight excluding hydrogens is 821 g/mol. The van der Waals surface area contributed by atoms with Gasteiger partial charge in [0.25, 0.3) is 0 Å². The lowest BCUT2D eigenvalue weighted by molar-refractivity contribution is -0.245. The van der Waals surface area contributed by atoms with Gasteiger partial charge in [-0.2, -0.15) is 9.40 Å². The van der Waals surface area contributed by atoms with E-state index in [2.05, 4.69) is 31.6 Å². The fourth-order valence-electron chi connectivity index (χ4n) is 7.24. The molecule has 1 aromatic heterocycles. The molecule has 1 aliphatic rings. The van der Waals surface area contributed by atoms with Crippen molar-refractivity contribution in [1.29, 1.82) is 0 Å². The number of nitrogens with one attached hydrogen (secondary N) is 2. The van der Waals surface area contributed by atoms with Crippen LogP contribution in [0.15, 0.2) is 168 Å². The van der Waals surface area contributed by atoms with E-state index >= 15 is 0 Å². The topological polar surface area (TPSA) is 158 Å². The number of ether oxygens (including phenoxy) is 2. The van der Waals surface area contributed by atoms with Gasteiger partial charge in [-0.3, -0.25) is 4.79 Å². The highest BCUT2D eigenvalue weighted by Gasteiger charge is 2.33. The molecule has 8 rings (SSSR count). The van der Waals surface area contributed by atoms with Gasteiger partial charge in [0.05, 0.1) is 29.4 Å². The van der Waals surface area contributed by atoms with E-state index in [9.17, 15) is 18.3 Å². The predicted molar refractivity (Wildman–Crippen MR) is 237 cm³/mol. The zero-order chi connectivity index (χ0) is 42.9. The summed E-state index contributed by atoms with van der Waals surface area (Å²) in [4.78, 5) is 13.8. The molecule has 6 aromatic carbocycles. The summed E-state index contributed by atoms with van der Waals surface area (Å²) in [7, 11) is -3.98. The molecule has 2 heterocycles. The van der Waals surface area contributed by atoms with Gasteiger partial charge in [-0.05, 0) is 93.6 Å². The quantitative estimate of drug-likeness (QED) is 0.0824. The van der Waals surface area contributed by atoms with Crippen molar-refractivity contribution in [1.82, 2.24) is 30.2 Å². The number of benzene rings is 6. The Morgan fingerprint density at radius 2 is 1.48 bits per heavy atom. The molecule has 316 valence electrons. The Hall–Kier alpha value is -6.00. The first kappa shape index (κ1) is 42.7. The minimum absolute atomic E-state index is 0.0435. The minimum atomic E-state index is -3.98. The van der Waals surface area contributed by atoms with E-state index in [4.69, 9.17) is 9.47 Å². The Morgan fingerprint density at radius 3 is 2.23 bits per heavy atom. The van der Waals surface area contributed by atoms with Gasteiger partial charge in [0.2, 0.25) is 21.1 Å². The highest BCUT2D eigenvalue weighted by atomic mass is 32.2. The fourth-order valence-corrected chi connectivity index (χ4v) is 9.34. The number of carbonyl (C=O) groups is 1. The van der Waals surface area contributed by atoms with Crippen LogP contribution in [0.4, 0.5) is 0 Å². The first-order valence-electron chi connectivity index (χ1n) is 20.3. The summed E-state index contributed by atoms with van der Waals surface area (Å²) < 4.78 is 44.5. The Bertz CT molecular complexity index is 2680. The van der Waals surface area contributed by atoms with Crippen LogP contribution in [0.2, 0.25) is 0 Å². The molecule has 7 aromatic rings. The average Bonchev–Trinajstić information content (AvgIpc) is 3.79. The van der Waals surface area contributed by atoms with Crippen molar-refractivity contribution in [2.75, 3.05) is 5.75 Å². The summed E-state index contributed by atoms with van der Waals surface area (Å²) in [5, 5.41) is 25.7. The second kappa shape index (κ2) is 19.8. The van der Waals surface area contributed by atoms with Gasteiger partial charge < -0.3 is 19.9 Å². The molecule has 0 radical (unpaired) electrons. The van der Waals surface area contributed by atoms with Crippen LogP contribution in [-0.2, 0) is 43.9 Å². The first-order chi connectivity index (χ1) is 30.2. The van der Waals surface area contributed by atoms with Crippen LogP contribution in [0.5, 0.6) is 0 Å². The van der Waals surface area contributed by atoms with Gasteiger partial charge in [-0.1, -0.05) is 139 Å². The maximum Gasteiger partial charge on any atom is 0.241 e. The van der Waals surface area contributed by atoms with Gasteiger partial charge in [0.15, 0.2) is 6.29 Å². The number of aliphatic hydroxyl groups is 1. The largest absolute Gasteiger partial charge is 0.392 e. The lowest BCUT2D eigenvalue weighted by Gasteiger charge is -2.36. The molecule has 14 heteroatoms. The smallest absolute Gasteiger partial charge is 0.241 e. The van der Waals surface area contributed by atoms with E-state index in [1.54, 1.807) is 16.8 Å². The predicted octanol–water partition coefficient (Wildman–Crippen LogP) is 7.67. The van der Waals surface area contributed by atoms with Crippen LogP contribution in [0.1, 0.15) is 52.2 Å². The summed E-state index contributed by atoms with van der Waals surface area (Å²) in [6.07, 6.45) is -0.405. The molecular formula is C48H46N6O6S2. The number of aromatic nitrogens is 4. The number of nitrogens with zero attached hydrogens (tertiary/aromatic N) is 4. The lowest BCUT2D eigenvalue weighted by atomic mass is 9.99. The molecule has 62 heavy (non-hydrogen) atoms. The molecule has 0 bridgehead atoms. The Labute approximate surface area is 365 Å². The number of rotatable bonds is 16. The van der Waals surface area contributed by atoms with Crippen molar-refractivity contribution in [2.45, 2.75) is 67.5 Å². The SMILES string of the molecule is Cc1ccc(S(=O)(=O)N[C@H](Cc2ccccc2)C(=O)NCc2cccc(-c3cccc([C@H]4O[C@@H](CSc5nnnn5-c5ccccc5)C[C@@H](c5ccc(CO)cc5)O4)c3)c2)cc1. The number of amides is 1. The van der Waals surface area contributed by atoms with Crippen LogP contribution in [0.3, 0.4) is 0 Å². The van der Waals surface area contributed by atoms with Crippen LogP contribution in [0.25, 0.3) is 16.8 Å². The molecule has 0 saturated carbocycles. The summed E-state index contributed by atoms with van der Waals surface area (Å²) in [5.74, 6) is 0.138. The maximum absolute atomic E-state index is 13.8. The maximum atomic E-state index is 13.8. The lowest BCUT2D eigenvalue weighted by Crippen LogP contribution is -2.47. The van der Waals surface area contributed by atoms with Crippen molar-refractivity contribution in [2.24, 2.45) is 0 Å². The van der Waals surface area contributed by atoms with Crippen molar-refractivity contribution in [3.05, 3.63) is 191 Å². The number of hydrogen-bond acceptors (Lipinski definition) is 10. The zero-order valence-corrected chi connectivity index (χ0v) is 35.6. The number of para-hydroxylation sites is 1. The normalized spacial score (nSPS) is 17.0. The van der Waals surface area contributed by atoms with Gasteiger partial charge in [-0.15, -0.1) is 5.10 Å². The molecule has 0 unspecified atom stereocenters. The average molecular weight is 867 g/mol. The van der Waals surface area contributed by atoms with Gasteiger partial charge in [0, 0.05) is 24.3 Å². The molecule has 3 N–H and O–H groups in total. The molecule has 0 spiro atoms. The highest BCUT2D eigenvalue weighted by molar-refractivity contribution is 7.99. The van der Waals surface area contributed by atoms with Gasteiger partial charge in [-0.25, -0.2) is 8.42 Å². The molecule has 0 aliphatic carbocycles. The fraction of sp³-hybridized carbons (Fsp3) is 0.208. The van der Waals surface area contributed by atoms with Crippen LogP contribution >= 0.6 is 11.8 Å². The molecule has 12 nitrogen and oxygen atoms in total. The standard InChI is InChI=1S/C48H46N6O6S2/c1-33-18-24-43(25-19-33)62(57,58)51-44(27-34-10-4-2-5-11-34)46(56)49-30-36-12-8-13-38(26-36)39-14-9-15-40(28-39)47-59-42(29-45(60-47)37-22-20-35(31-55)21-23-37)32-61-48-50-52-53-54(48)41-16-6-3-7-17-41/h2-26,28,42,44-45,47,51,55H,27,29-32H2,1H3,(H,49,56)/t42-,44-,45+,47+/m1/s1. The number of hydrogen-bond donors (Lipinski definition) is 3. The van der Waals surface area contributed by atoms with Crippen LogP contribution in [-0.4, -0.2) is 57.5 Å². The number of sulfonamides is 1. The number of aryl methyl sites for hydroxylation is 1. The van der Waals surface area contributed by atoms with E-state index < -0.39 is 28.3 Å². The number of tetrazole rings is 1. The Kier molecular flexibility index (Phi) is 13.6. The number of thioether (sulfide) groups is 1. The Morgan fingerprint density at radius 1 is 0.790 bits per heavy atom. The molecule has 1 amide bonds. The molecule has 1 saturated heterocycles. The second-order valence-electron chi connectivity index (χ2n) is 15.1. The van der Waals surface area contributed by atoms with Crippen LogP contribution < -0.4 is 10.0 Å². The number of carbonyl (C=O) groups excluding carboxylic acids is 1. The summed E-state index contributed by atoms with van der Waals surface area (Å²) >= 11 is 1.52. The zero-order valence-electron chi connectivity index (χ0n) is 33.9. The third kappa shape index (κ3) is 10.7. The molecule has 1 fully saturated rings. The van der Waals surface area contributed by atoms with Gasteiger partial charge in [0.1, 0.15) is 6.04 Å². The second-order valence-corrected chi connectivity index (χ2v) is 17.8. The van der Waals surface area contributed by atoms with Crippen molar-refractivity contribution in [3.63, 3.8) is 0 Å². The minimum Gasteiger partial charge on any atom is -0.392 e. The Balaban J connectivity index is 0.982. The van der Waals surface area contributed by atoms with Crippen LogP contribution in [0, 0.1) is 6.92 Å². The monoisotopic (exact) mass is 866 g/mol. The molecule has 4 atom stereocenters. The third-order valence-electron chi connectivity index (χ3n) is 10.6. The first-order valence-corrected chi connectivity index (χ1v) is 22.7. The van der Waals surface area contributed by atoms with E-state index in [-0.39, 0.29) is 36.7 Å².